The van der Waals surface area contributed by atoms with Gasteiger partial charge in [0, 0.05) is 29.6 Å². The first-order valence-corrected chi connectivity index (χ1v) is 8.27. The Morgan fingerprint density at radius 1 is 1.33 bits per heavy atom. The molecular weight excluding hydrogens is 286 g/mol. The Bertz CT molecular complexity index is 520. The molecule has 1 aromatic carbocycles. The molecule has 0 radical (unpaired) electrons. The summed E-state index contributed by atoms with van der Waals surface area (Å²) in [4.78, 5) is 2.50. The smallest absolute Gasteiger partial charge is 0.126 e. The third kappa shape index (κ3) is 3.05. The molecule has 2 atom stereocenters. The van der Waals surface area contributed by atoms with Gasteiger partial charge in [-0.2, -0.15) is 0 Å². The zero-order chi connectivity index (χ0) is 15.0. The number of aliphatic hydroxyl groups is 1. The van der Waals surface area contributed by atoms with Crippen LogP contribution in [0.1, 0.15) is 51.2 Å². The first-order valence-electron chi connectivity index (χ1n) is 7.90. The Kier molecular flexibility index (Phi) is 4.17. The number of nitrogens with zero attached hydrogens (tertiary/aromatic N) is 1. The Labute approximate surface area is 131 Å². The van der Waals surface area contributed by atoms with Crippen molar-refractivity contribution in [3.8, 4) is 5.75 Å². The summed E-state index contributed by atoms with van der Waals surface area (Å²) in [6.07, 6.45) is 3.30. The van der Waals surface area contributed by atoms with Gasteiger partial charge >= 0.3 is 0 Å². The lowest BCUT2D eigenvalue weighted by molar-refractivity contribution is -0.0242. The highest BCUT2D eigenvalue weighted by molar-refractivity contribution is 6.30. The molecule has 2 aliphatic heterocycles. The van der Waals surface area contributed by atoms with E-state index in [2.05, 4.69) is 18.7 Å². The van der Waals surface area contributed by atoms with Crippen LogP contribution in [0.2, 0.25) is 5.02 Å². The van der Waals surface area contributed by atoms with Crippen LogP contribution in [-0.4, -0.2) is 34.7 Å². The van der Waals surface area contributed by atoms with E-state index in [-0.39, 0.29) is 5.60 Å². The lowest BCUT2D eigenvalue weighted by atomic mass is 9.83. The number of hydrogen-bond donors (Lipinski definition) is 1. The highest BCUT2D eigenvalue weighted by Crippen LogP contribution is 2.45. The van der Waals surface area contributed by atoms with Gasteiger partial charge in [-0.1, -0.05) is 11.6 Å². The first-order chi connectivity index (χ1) is 9.99. The van der Waals surface area contributed by atoms with Crippen LogP contribution in [0.5, 0.6) is 5.75 Å². The van der Waals surface area contributed by atoms with Crippen molar-refractivity contribution in [1.82, 2.24) is 4.90 Å². The van der Waals surface area contributed by atoms with Gasteiger partial charge < -0.3 is 14.7 Å². The minimum Gasteiger partial charge on any atom is -0.487 e. The summed E-state index contributed by atoms with van der Waals surface area (Å²) in [7, 11) is 0. The molecule has 1 saturated heterocycles. The number of likely N-dealkylation sites (tertiary alicyclic amines) is 1. The zero-order valence-corrected chi connectivity index (χ0v) is 13.6. The maximum absolute atomic E-state index is 10.5. The maximum Gasteiger partial charge on any atom is 0.126 e. The highest BCUT2D eigenvalue weighted by atomic mass is 35.5. The van der Waals surface area contributed by atoms with E-state index < -0.39 is 6.10 Å². The lowest BCUT2D eigenvalue weighted by Crippen LogP contribution is -2.42. The molecule has 21 heavy (non-hydrogen) atoms. The molecule has 1 unspecified atom stereocenters. The molecule has 3 rings (SSSR count). The topological polar surface area (TPSA) is 32.7 Å². The Morgan fingerprint density at radius 3 is 2.90 bits per heavy atom. The molecule has 0 saturated carbocycles. The van der Waals surface area contributed by atoms with Gasteiger partial charge in [-0.15, -0.1) is 0 Å². The predicted molar refractivity (Wildman–Crippen MR) is 84.9 cm³/mol. The molecule has 116 valence electrons. The van der Waals surface area contributed by atoms with Crippen LogP contribution in [0.15, 0.2) is 18.2 Å². The summed E-state index contributed by atoms with van der Waals surface area (Å²) >= 11 is 6.03. The van der Waals surface area contributed by atoms with E-state index in [9.17, 15) is 5.11 Å². The van der Waals surface area contributed by atoms with Crippen LogP contribution in [0.4, 0.5) is 0 Å². The second-order valence-corrected chi connectivity index (χ2v) is 7.11. The fourth-order valence-electron chi connectivity index (χ4n) is 3.62. The van der Waals surface area contributed by atoms with Crippen molar-refractivity contribution in [3.63, 3.8) is 0 Å². The van der Waals surface area contributed by atoms with Gasteiger partial charge in [0.1, 0.15) is 11.4 Å². The molecule has 0 aromatic heterocycles. The molecule has 1 N–H and O–H groups in total. The summed E-state index contributed by atoms with van der Waals surface area (Å²) in [5, 5.41) is 11.2. The lowest BCUT2D eigenvalue weighted by Gasteiger charge is -2.40. The average molecular weight is 310 g/mol. The minimum absolute atomic E-state index is 0.218. The summed E-state index contributed by atoms with van der Waals surface area (Å²) in [5.74, 6) is 0.802. The summed E-state index contributed by atoms with van der Waals surface area (Å²) in [6, 6.07) is 6.13. The quantitative estimate of drug-likeness (QED) is 0.856. The van der Waals surface area contributed by atoms with Crippen LogP contribution in [0.25, 0.3) is 0 Å². The van der Waals surface area contributed by atoms with Crippen molar-refractivity contribution >= 4 is 11.6 Å². The zero-order valence-electron chi connectivity index (χ0n) is 12.8. The normalized spacial score (nSPS) is 30.0. The third-order valence-electron chi connectivity index (χ3n) is 4.89. The number of fused-ring (bicyclic) bond motifs is 1. The van der Waals surface area contributed by atoms with Crippen molar-refractivity contribution in [2.24, 2.45) is 0 Å². The van der Waals surface area contributed by atoms with E-state index >= 15 is 0 Å². The minimum atomic E-state index is -0.474. The van der Waals surface area contributed by atoms with Crippen molar-refractivity contribution in [1.29, 1.82) is 0 Å². The molecular formula is C17H24ClNO2. The van der Waals surface area contributed by atoms with Crippen LogP contribution in [0, 0.1) is 0 Å². The van der Waals surface area contributed by atoms with Gasteiger partial charge in [-0.25, -0.2) is 0 Å². The van der Waals surface area contributed by atoms with Gasteiger partial charge in [-0.05, 0) is 57.9 Å². The fraction of sp³-hybridized carbons (Fsp3) is 0.647. The van der Waals surface area contributed by atoms with Gasteiger partial charge in [-0.3, -0.25) is 0 Å². The van der Waals surface area contributed by atoms with Crippen LogP contribution >= 0.6 is 11.6 Å². The van der Waals surface area contributed by atoms with Crippen LogP contribution < -0.4 is 4.74 Å². The largest absolute Gasteiger partial charge is 0.487 e. The molecule has 0 amide bonds. The molecule has 0 bridgehead atoms. The second-order valence-electron chi connectivity index (χ2n) is 6.67. The molecule has 3 nitrogen and oxygen atoms in total. The monoisotopic (exact) mass is 309 g/mol. The van der Waals surface area contributed by atoms with E-state index in [0.717, 1.165) is 43.7 Å². The van der Waals surface area contributed by atoms with Crippen molar-refractivity contribution in [2.45, 2.75) is 57.3 Å². The molecule has 1 fully saturated rings. The standard InChI is InChI=1S/C17H24ClNO2/c1-12(2)19-8-3-6-17(7-9-19)11-15(20)14-10-13(18)4-5-16(14)21-17/h4-5,10,12,15,20H,3,6-9,11H2,1-2H3/t15-,17?/m1/s1. The third-order valence-corrected chi connectivity index (χ3v) is 5.12. The first kappa shape index (κ1) is 15.1. The van der Waals surface area contributed by atoms with Gasteiger partial charge in [0.05, 0.1) is 6.10 Å². The van der Waals surface area contributed by atoms with Crippen molar-refractivity contribution < 1.29 is 9.84 Å². The number of rotatable bonds is 1. The molecule has 4 heteroatoms. The van der Waals surface area contributed by atoms with E-state index in [1.165, 1.54) is 0 Å². The molecule has 2 heterocycles. The molecule has 0 aliphatic carbocycles. The summed E-state index contributed by atoms with van der Waals surface area (Å²) < 4.78 is 6.35. The fourth-order valence-corrected chi connectivity index (χ4v) is 3.80. The predicted octanol–water partition coefficient (Wildman–Crippen LogP) is 3.79. The number of halogens is 1. The number of aliphatic hydroxyl groups excluding tert-OH is 1. The number of hydrogen-bond acceptors (Lipinski definition) is 3. The molecule has 1 aromatic rings. The van der Waals surface area contributed by atoms with E-state index in [4.69, 9.17) is 16.3 Å². The van der Waals surface area contributed by atoms with Crippen molar-refractivity contribution in [2.75, 3.05) is 13.1 Å². The summed E-state index contributed by atoms with van der Waals surface area (Å²) in [5.41, 5.74) is 0.613. The average Bonchev–Trinajstić information content (AvgIpc) is 2.63. The Balaban J connectivity index is 1.82. The van der Waals surface area contributed by atoms with E-state index in [1.54, 1.807) is 0 Å². The Hall–Kier alpha value is -0.770. The van der Waals surface area contributed by atoms with Crippen LogP contribution in [-0.2, 0) is 0 Å². The Morgan fingerprint density at radius 2 is 2.14 bits per heavy atom. The summed E-state index contributed by atoms with van der Waals surface area (Å²) in [6.45, 7) is 6.64. The van der Waals surface area contributed by atoms with Gasteiger partial charge in [0.25, 0.3) is 0 Å². The van der Waals surface area contributed by atoms with E-state index in [0.29, 0.717) is 17.5 Å². The second kappa shape index (κ2) is 5.79. The van der Waals surface area contributed by atoms with E-state index in [1.807, 2.05) is 18.2 Å². The number of ether oxygens (including phenoxy) is 1. The van der Waals surface area contributed by atoms with Crippen LogP contribution in [0.3, 0.4) is 0 Å². The SMILES string of the molecule is CC(C)N1CCCC2(CC1)C[C@@H](O)c1cc(Cl)ccc1O2. The van der Waals surface area contributed by atoms with Crippen molar-refractivity contribution in [3.05, 3.63) is 28.8 Å². The van der Waals surface area contributed by atoms with Gasteiger partial charge in [0.2, 0.25) is 0 Å². The maximum atomic E-state index is 10.5. The highest BCUT2D eigenvalue weighted by Gasteiger charge is 2.41. The molecule has 1 spiro atoms. The van der Waals surface area contributed by atoms with Gasteiger partial charge in [0.15, 0.2) is 0 Å². The molecule has 2 aliphatic rings. The number of benzene rings is 1.